The van der Waals surface area contributed by atoms with Crippen molar-refractivity contribution in [2.45, 2.75) is 25.1 Å². The third kappa shape index (κ3) is 5.08. The van der Waals surface area contributed by atoms with Crippen molar-refractivity contribution in [3.63, 3.8) is 0 Å². The molecular formula is C12H13ClF3NO2. The monoisotopic (exact) mass is 295 g/mol. The van der Waals surface area contributed by atoms with E-state index in [1.54, 1.807) is 18.2 Å². The minimum Gasteiger partial charge on any atom is -0.384 e. The summed E-state index contributed by atoms with van der Waals surface area (Å²) >= 11 is 5.88. The van der Waals surface area contributed by atoms with Crippen molar-refractivity contribution in [2.75, 3.05) is 6.54 Å². The molecule has 0 unspecified atom stereocenters. The van der Waals surface area contributed by atoms with Gasteiger partial charge in [0.1, 0.15) is 12.0 Å². The highest BCUT2D eigenvalue weighted by molar-refractivity contribution is 6.31. The number of aliphatic hydroxyl groups is 1. The van der Waals surface area contributed by atoms with Gasteiger partial charge in [0.2, 0.25) is 5.91 Å². The Balaban J connectivity index is 2.66. The minimum absolute atomic E-state index is 0.276. The number of carbonyl (C=O) groups excluding carboxylic acids is 1. The summed E-state index contributed by atoms with van der Waals surface area (Å²) in [6.07, 6.45) is -6.15. The third-order valence-electron chi connectivity index (χ3n) is 2.44. The van der Waals surface area contributed by atoms with Gasteiger partial charge in [-0.25, -0.2) is 0 Å². The second kappa shape index (κ2) is 5.79. The van der Waals surface area contributed by atoms with E-state index in [4.69, 9.17) is 11.6 Å². The van der Waals surface area contributed by atoms with Crippen LogP contribution in [-0.2, 0) is 10.4 Å². The van der Waals surface area contributed by atoms with Crippen LogP contribution in [0.25, 0.3) is 0 Å². The van der Waals surface area contributed by atoms with Crippen molar-refractivity contribution in [1.82, 2.24) is 5.32 Å². The van der Waals surface area contributed by atoms with Gasteiger partial charge in [-0.15, -0.1) is 0 Å². The molecular weight excluding hydrogens is 283 g/mol. The molecule has 0 saturated heterocycles. The molecule has 1 aromatic carbocycles. The Morgan fingerprint density at radius 3 is 2.47 bits per heavy atom. The summed E-state index contributed by atoms with van der Waals surface area (Å²) in [7, 11) is 0. The number of amides is 1. The van der Waals surface area contributed by atoms with E-state index in [0.717, 1.165) is 0 Å². The first kappa shape index (κ1) is 15.8. The Hall–Kier alpha value is -1.27. The summed E-state index contributed by atoms with van der Waals surface area (Å²) < 4.78 is 35.9. The normalized spacial score (nSPS) is 14.8. The van der Waals surface area contributed by atoms with Gasteiger partial charge in [-0.2, -0.15) is 13.2 Å². The van der Waals surface area contributed by atoms with E-state index < -0.39 is 24.1 Å². The van der Waals surface area contributed by atoms with Crippen molar-refractivity contribution < 1.29 is 23.1 Å². The molecule has 19 heavy (non-hydrogen) atoms. The van der Waals surface area contributed by atoms with Crippen LogP contribution in [0.15, 0.2) is 24.3 Å². The van der Waals surface area contributed by atoms with E-state index in [9.17, 15) is 23.1 Å². The van der Waals surface area contributed by atoms with E-state index in [1.165, 1.54) is 13.0 Å². The number of carbonyl (C=O) groups is 1. The lowest BCUT2D eigenvalue weighted by Gasteiger charge is -2.25. The minimum atomic E-state index is -4.57. The summed E-state index contributed by atoms with van der Waals surface area (Å²) in [4.78, 5) is 11.0. The summed E-state index contributed by atoms with van der Waals surface area (Å²) in [6, 6.07) is 6.37. The van der Waals surface area contributed by atoms with Crippen LogP contribution in [0, 0.1) is 0 Å². The van der Waals surface area contributed by atoms with E-state index in [1.807, 2.05) is 5.32 Å². The van der Waals surface area contributed by atoms with Crippen LogP contribution in [0.1, 0.15) is 18.9 Å². The second-order valence-corrected chi connectivity index (χ2v) is 4.73. The van der Waals surface area contributed by atoms with Crippen molar-refractivity contribution in [3.05, 3.63) is 34.9 Å². The van der Waals surface area contributed by atoms with Gasteiger partial charge in [0, 0.05) is 10.6 Å². The lowest BCUT2D eigenvalue weighted by Crippen LogP contribution is -2.40. The van der Waals surface area contributed by atoms with Crippen LogP contribution in [0.4, 0.5) is 13.2 Å². The predicted molar refractivity (Wildman–Crippen MR) is 64.7 cm³/mol. The van der Waals surface area contributed by atoms with Crippen LogP contribution in [0.2, 0.25) is 5.02 Å². The van der Waals surface area contributed by atoms with Gasteiger partial charge in [-0.05, 0) is 13.0 Å². The maximum atomic E-state index is 12.0. The number of hydrogen-bond acceptors (Lipinski definition) is 2. The topological polar surface area (TPSA) is 49.3 Å². The average molecular weight is 296 g/mol. The number of rotatable bonds is 4. The molecule has 0 aliphatic carbocycles. The highest BCUT2D eigenvalue weighted by Crippen LogP contribution is 2.27. The Bertz CT molecular complexity index is 461. The first-order chi connectivity index (χ1) is 8.62. The molecule has 3 nitrogen and oxygen atoms in total. The quantitative estimate of drug-likeness (QED) is 0.897. The summed E-state index contributed by atoms with van der Waals surface area (Å²) in [5.41, 5.74) is -1.21. The standard InChI is InChI=1S/C12H13ClF3NO2/c1-11(19,8-4-2-3-5-9(8)13)7-17-10(18)6-12(14,15)16/h2-5,19H,6-7H2,1H3,(H,17,18)/t11-/m0/s1. The highest BCUT2D eigenvalue weighted by Gasteiger charge is 2.32. The fourth-order valence-electron chi connectivity index (χ4n) is 1.51. The molecule has 1 aromatic rings. The molecule has 0 bridgehead atoms. The number of hydrogen-bond donors (Lipinski definition) is 2. The molecule has 1 rings (SSSR count). The molecule has 0 aliphatic heterocycles. The maximum Gasteiger partial charge on any atom is 0.397 e. The summed E-state index contributed by atoms with van der Waals surface area (Å²) in [5.74, 6) is -1.19. The predicted octanol–water partition coefficient (Wildman–Crippen LogP) is 2.62. The zero-order chi connectivity index (χ0) is 14.7. The smallest absolute Gasteiger partial charge is 0.384 e. The molecule has 0 saturated carbocycles. The van der Waals surface area contributed by atoms with Gasteiger partial charge in [0.15, 0.2) is 0 Å². The van der Waals surface area contributed by atoms with Crippen LogP contribution < -0.4 is 5.32 Å². The van der Waals surface area contributed by atoms with Crippen LogP contribution in [-0.4, -0.2) is 23.7 Å². The number of halogens is 4. The zero-order valence-corrected chi connectivity index (χ0v) is 10.8. The van der Waals surface area contributed by atoms with Gasteiger partial charge in [-0.3, -0.25) is 4.79 Å². The van der Waals surface area contributed by atoms with Gasteiger partial charge < -0.3 is 10.4 Å². The van der Waals surface area contributed by atoms with Crippen LogP contribution >= 0.6 is 11.6 Å². The fourth-order valence-corrected chi connectivity index (χ4v) is 1.85. The molecule has 0 aromatic heterocycles. The maximum absolute atomic E-state index is 12.0. The first-order valence-electron chi connectivity index (χ1n) is 5.43. The first-order valence-corrected chi connectivity index (χ1v) is 5.80. The lowest BCUT2D eigenvalue weighted by molar-refractivity contribution is -0.154. The van der Waals surface area contributed by atoms with E-state index in [0.29, 0.717) is 5.56 Å². The fraction of sp³-hybridized carbons (Fsp3) is 0.417. The molecule has 106 valence electrons. The molecule has 0 heterocycles. The third-order valence-corrected chi connectivity index (χ3v) is 2.77. The van der Waals surface area contributed by atoms with Crippen molar-refractivity contribution >= 4 is 17.5 Å². The van der Waals surface area contributed by atoms with Gasteiger partial charge in [0.05, 0.1) is 6.54 Å². The molecule has 0 aliphatic rings. The largest absolute Gasteiger partial charge is 0.397 e. The van der Waals surface area contributed by atoms with E-state index in [2.05, 4.69) is 0 Å². The Labute approximate surface area is 113 Å². The van der Waals surface area contributed by atoms with Crippen LogP contribution in [0.3, 0.4) is 0 Å². The van der Waals surface area contributed by atoms with Gasteiger partial charge in [-0.1, -0.05) is 29.8 Å². The van der Waals surface area contributed by atoms with Gasteiger partial charge >= 0.3 is 6.18 Å². The Morgan fingerprint density at radius 1 is 1.37 bits per heavy atom. The SMILES string of the molecule is C[C@](O)(CNC(=O)CC(F)(F)F)c1ccccc1Cl. The van der Waals surface area contributed by atoms with E-state index in [-0.39, 0.29) is 11.6 Å². The number of nitrogens with one attached hydrogen (secondary N) is 1. The summed E-state index contributed by atoms with van der Waals surface area (Å²) in [6.45, 7) is 1.01. The Morgan fingerprint density at radius 2 is 1.95 bits per heavy atom. The van der Waals surface area contributed by atoms with Crippen LogP contribution in [0.5, 0.6) is 0 Å². The van der Waals surface area contributed by atoms with Crippen molar-refractivity contribution in [1.29, 1.82) is 0 Å². The molecule has 0 radical (unpaired) electrons. The average Bonchev–Trinajstić information content (AvgIpc) is 2.24. The highest BCUT2D eigenvalue weighted by atomic mass is 35.5. The lowest BCUT2D eigenvalue weighted by atomic mass is 9.96. The molecule has 0 fully saturated rings. The molecule has 1 atom stereocenters. The van der Waals surface area contributed by atoms with Crippen molar-refractivity contribution in [3.8, 4) is 0 Å². The zero-order valence-electron chi connectivity index (χ0n) is 10.1. The number of alkyl halides is 3. The van der Waals surface area contributed by atoms with E-state index >= 15 is 0 Å². The molecule has 7 heteroatoms. The molecule has 1 amide bonds. The summed E-state index contributed by atoms with van der Waals surface area (Å²) in [5, 5.41) is 12.4. The second-order valence-electron chi connectivity index (χ2n) is 4.32. The van der Waals surface area contributed by atoms with Crippen molar-refractivity contribution in [2.24, 2.45) is 0 Å². The molecule has 2 N–H and O–H groups in total. The van der Waals surface area contributed by atoms with Gasteiger partial charge in [0.25, 0.3) is 0 Å². The number of benzene rings is 1. The Kier molecular flexibility index (Phi) is 4.81. The molecule has 0 spiro atoms.